The third-order valence-corrected chi connectivity index (χ3v) is 7.45. The summed E-state index contributed by atoms with van der Waals surface area (Å²) < 4.78 is 48.2. The maximum atomic E-state index is 13.1. The molecule has 168 valence electrons. The van der Waals surface area contributed by atoms with E-state index in [0.29, 0.717) is 22.8 Å². The number of rotatable bonds is 7. The van der Waals surface area contributed by atoms with Crippen molar-refractivity contribution in [2.75, 3.05) is 18.6 Å². The maximum absolute atomic E-state index is 13.1. The molecule has 0 bridgehead atoms. The van der Waals surface area contributed by atoms with Gasteiger partial charge >= 0.3 is 5.97 Å². The molecular weight excluding hydrogens is 484 g/mol. The molecule has 0 spiro atoms. The molecule has 3 heterocycles. The van der Waals surface area contributed by atoms with E-state index >= 15 is 0 Å². The summed E-state index contributed by atoms with van der Waals surface area (Å²) in [5, 5.41) is 5.08. The number of benzene rings is 1. The van der Waals surface area contributed by atoms with E-state index in [1.807, 2.05) is 0 Å². The van der Waals surface area contributed by atoms with E-state index < -0.39 is 21.8 Å². The number of carbonyl (C=O) groups excluding carboxylic acids is 2. The number of methoxy groups -OCH3 is 1. The Bertz CT molecular complexity index is 1330. The number of esters is 1. The van der Waals surface area contributed by atoms with Crippen LogP contribution in [0.3, 0.4) is 0 Å². The van der Waals surface area contributed by atoms with E-state index in [0.717, 1.165) is 11.3 Å². The van der Waals surface area contributed by atoms with Crippen molar-refractivity contribution in [2.45, 2.75) is 18.2 Å². The molecule has 0 saturated carbocycles. The Morgan fingerprint density at radius 3 is 2.66 bits per heavy atom. The second-order valence-corrected chi connectivity index (χ2v) is 9.53. The van der Waals surface area contributed by atoms with Gasteiger partial charge in [-0.05, 0) is 36.1 Å². The lowest BCUT2D eigenvalue weighted by atomic mass is 10.0. The number of hydrogen-bond donors (Lipinski definition) is 1. The van der Waals surface area contributed by atoms with Crippen molar-refractivity contribution in [1.82, 2.24) is 5.16 Å². The minimum absolute atomic E-state index is 0.0137. The zero-order valence-electron chi connectivity index (χ0n) is 16.6. The number of ether oxygens (including phenoxy) is 3. The first-order valence-electron chi connectivity index (χ1n) is 8.97. The van der Waals surface area contributed by atoms with Crippen LogP contribution in [-0.2, 0) is 21.2 Å². The summed E-state index contributed by atoms with van der Waals surface area (Å²) in [5.41, 5.74) is 0.738. The van der Waals surface area contributed by atoms with Crippen molar-refractivity contribution in [3.8, 4) is 11.5 Å². The number of halogens is 1. The van der Waals surface area contributed by atoms with E-state index in [1.54, 1.807) is 6.92 Å². The van der Waals surface area contributed by atoms with Crippen molar-refractivity contribution in [3.63, 3.8) is 0 Å². The SMILES string of the molecule is COC(=O)c1cc2c(cc1CC(=O)c1sccc1S(=O)(=O)Nc1onc(C)c1Cl)OCO2. The molecule has 2 aromatic heterocycles. The van der Waals surface area contributed by atoms with Crippen LogP contribution in [-0.4, -0.2) is 39.2 Å². The number of fused-ring (bicyclic) bond motifs is 1. The number of aromatic nitrogens is 1. The van der Waals surface area contributed by atoms with E-state index in [9.17, 15) is 18.0 Å². The van der Waals surface area contributed by atoms with Crippen molar-refractivity contribution >= 4 is 50.6 Å². The first-order valence-corrected chi connectivity index (χ1v) is 11.7. The number of nitrogens with zero attached hydrogens (tertiary/aromatic N) is 1. The molecule has 0 amide bonds. The van der Waals surface area contributed by atoms with Crippen LogP contribution in [0.1, 0.15) is 31.3 Å². The second-order valence-electron chi connectivity index (χ2n) is 6.58. The lowest BCUT2D eigenvalue weighted by Gasteiger charge is -2.10. The Hall–Kier alpha value is -3.09. The van der Waals surface area contributed by atoms with Gasteiger partial charge in [-0.3, -0.25) is 4.79 Å². The average molecular weight is 499 g/mol. The predicted octanol–water partition coefficient (Wildman–Crippen LogP) is 3.44. The summed E-state index contributed by atoms with van der Waals surface area (Å²) in [6.07, 6.45) is -0.272. The number of Topliss-reactive ketones (excluding diaryl/α,β-unsaturated/α-hetero) is 1. The number of anilines is 1. The molecule has 3 aromatic rings. The van der Waals surface area contributed by atoms with Gasteiger partial charge in [0.15, 0.2) is 17.3 Å². The zero-order valence-corrected chi connectivity index (χ0v) is 19.0. The van der Waals surface area contributed by atoms with Crippen molar-refractivity contribution in [1.29, 1.82) is 0 Å². The lowest BCUT2D eigenvalue weighted by molar-refractivity contribution is 0.0599. The Morgan fingerprint density at radius 2 is 2.00 bits per heavy atom. The molecule has 1 aliphatic heterocycles. The highest BCUT2D eigenvalue weighted by Crippen LogP contribution is 2.36. The van der Waals surface area contributed by atoms with Gasteiger partial charge in [-0.2, -0.15) is 0 Å². The highest BCUT2D eigenvalue weighted by molar-refractivity contribution is 7.93. The van der Waals surface area contributed by atoms with Crippen LogP contribution in [0.25, 0.3) is 0 Å². The van der Waals surface area contributed by atoms with Gasteiger partial charge in [0.25, 0.3) is 15.9 Å². The standard InChI is InChI=1S/C19H15ClN2O8S2/c1-9-16(20)18(30-21-9)22-32(25,26)15-3-4-31-17(15)12(23)5-10-6-13-14(29-8-28-13)7-11(10)19(24)27-2/h3-4,6-7,22H,5,8H2,1-2H3. The quantitative estimate of drug-likeness (QED) is 0.384. The minimum atomic E-state index is -4.20. The van der Waals surface area contributed by atoms with Gasteiger partial charge < -0.3 is 18.7 Å². The highest BCUT2D eigenvalue weighted by Gasteiger charge is 2.29. The monoisotopic (exact) mass is 498 g/mol. The molecule has 0 atom stereocenters. The summed E-state index contributed by atoms with van der Waals surface area (Å²) >= 11 is 6.93. The van der Waals surface area contributed by atoms with Gasteiger partial charge in [-0.1, -0.05) is 16.8 Å². The van der Waals surface area contributed by atoms with Gasteiger partial charge in [0.2, 0.25) is 6.79 Å². The third kappa shape index (κ3) is 4.04. The summed E-state index contributed by atoms with van der Waals surface area (Å²) in [6.45, 7) is 1.53. The molecule has 0 fully saturated rings. The van der Waals surface area contributed by atoms with E-state index in [4.69, 9.17) is 30.3 Å². The fourth-order valence-corrected chi connectivity index (χ4v) is 5.55. The number of sulfonamides is 1. The molecule has 1 aromatic carbocycles. The topological polar surface area (TPSA) is 134 Å². The van der Waals surface area contributed by atoms with E-state index in [2.05, 4.69) is 9.88 Å². The molecule has 32 heavy (non-hydrogen) atoms. The number of hydrogen-bond acceptors (Lipinski definition) is 10. The average Bonchev–Trinajstić information content (AvgIpc) is 3.49. The number of thiophene rings is 1. The summed E-state index contributed by atoms with van der Waals surface area (Å²) in [4.78, 5) is 25.0. The summed E-state index contributed by atoms with van der Waals surface area (Å²) in [7, 11) is -2.99. The molecule has 1 aliphatic rings. The molecule has 0 aliphatic carbocycles. The van der Waals surface area contributed by atoms with Crippen LogP contribution in [0.15, 0.2) is 33.0 Å². The Labute approximate surface area is 191 Å². The van der Waals surface area contributed by atoms with Crippen molar-refractivity contribution < 1.29 is 36.7 Å². The van der Waals surface area contributed by atoms with Crippen molar-refractivity contribution in [2.24, 2.45) is 0 Å². The maximum Gasteiger partial charge on any atom is 0.338 e. The fraction of sp³-hybridized carbons (Fsp3) is 0.211. The minimum Gasteiger partial charge on any atom is -0.465 e. The van der Waals surface area contributed by atoms with Gasteiger partial charge in [-0.15, -0.1) is 11.3 Å². The van der Waals surface area contributed by atoms with Crippen molar-refractivity contribution in [3.05, 3.63) is 50.3 Å². The van der Waals surface area contributed by atoms with Crippen LogP contribution >= 0.6 is 22.9 Å². The molecule has 0 saturated heterocycles. The Balaban J connectivity index is 1.65. The van der Waals surface area contributed by atoms with Gasteiger partial charge in [0.1, 0.15) is 15.6 Å². The van der Waals surface area contributed by atoms with E-state index in [-0.39, 0.29) is 39.5 Å². The number of carbonyl (C=O) groups is 2. The molecule has 1 N–H and O–H groups in total. The molecule has 0 unspecified atom stereocenters. The normalized spacial score (nSPS) is 12.6. The van der Waals surface area contributed by atoms with Crippen LogP contribution in [0.4, 0.5) is 5.88 Å². The molecule has 4 rings (SSSR count). The third-order valence-electron chi connectivity index (χ3n) is 4.54. The number of nitrogens with one attached hydrogen (secondary N) is 1. The van der Waals surface area contributed by atoms with Crippen LogP contribution in [0, 0.1) is 6.92 Å². The highest BCUT2D eigenvalue weighted by atomic mass is 35.5. The van der Waals surface area contributed by atoms with Crippen LogP contribution in [0.5, 0.6) is 11.5 Å². The first-order chi connectivity index (χ1) is 15.2. The van der Waals surface area contributed by atoms with Crippen LogP contribution < -0.4 is 14.2 Å². The molecule has 13 heteroatoms. The van der Waals surface area contributed by atoms with Gasteiger partial charge in [0, 0.05) is 6.42 Å². The number of aryl methyl sites for hydroxylation is 1. The van der Waals surface area contributed by atoms with Crippen LogP contribution in [0.2, 0.25) is 5.02 Å². The first kappa shape index (κ1) is 22.1. The second kappa shape index (κ2) is 8.45. The van der Waals surface area contributed by atoms with E-state index in [1.165, 1.54) is 30.7 Å². The predicted molar refractivity (Wildman–Crippen MR) is 113 cm³/mol. The Kier molecular flexibility index (Phi) is 5.84. The fourth-order valence-electron chi connectivity index (χ4n) is 2.99. The molecular formula is C19H15ClN2O8S2. The summed E-state index contributed by atoms with van der Waals surface area (Å²) in [5.74, 6) is -0.718. The smallest absolute Gasteiger partial charge is 0.338 e. The number of ketones is 1. The summed E-state index contributed by atoms with van der Waals surface area (Å²) in [6, 6.07) is 4.22. The van der Waals surface area contributed by atoms with Gasteiger partial charge in [-0.25, -0.2) is 17.9 Å². The largest absolute Gasteiger partial charge is 0.465 e. The molecule has 0 radical (unpaired) electrons. The van der Waals surface area contributed by atoms with Gasteiger partial charge in [0.05, 0.1) is 17.6 Å². The Morgan fingerprint density at radius 1 is 1.28 bits per heavy atom. The lowest BCUT2D eigenvalue weighted by Crippen LogP contribution is -2.16. The molecule has 10 nitrogen and oxygen atoms in total. The zero-order chi connectivity index (χ0) is 23.0.